The van der Waals surface area contributed by atoms with Gasteiger partial charge in [-0.25, -0.2) is 13.2 Å². The van der Waals surface area contributed by atoms with Crippen LogP contribution in [-0.4, -0.2) is 55.0 Å². The molecule has 1 amide bonds. The van der Waals surface area contributed by atoms with Gasteiger partial charge in [0.25, 0.3) is 0 Å². The highest BCUT2D eigenvalue weighted by Gasteiger charge is 2.33. The van der Waals surface area contributed by atoms with Crippen LogP contribution in [-0.2, 0) is 14.8 Å². The summed E-state index contributed by atoms with van der Waals surface area (Å²) in [7, 11) is -3.69. The zero-order chi connectivity index (χ0) is 21.8. The molecular formula is C21H31N3O4S. The molecule has 1 aromatic carbocycles. The van der Waals surface area contributed by atoms with Gasteiger partial charge in [-0.15, -0.1) is 0 Å². The summed E-state index contributed by atoms with van der Waals surface area (Å²) >= 11 is 0. The second kappa shape index (κ2) is 9.14. The van der Waals surface area contributed by atoms with Crippen LogP contribution in [0.15, 0.2) is 29.2 Å². The highest BCUT2D eigenvalue weighted by atomic mass is 32.2. The van der Waals surface area contributed by atoms with Crippen molar-refractivity contribution in [2.24, 2.45) is 5.92 Å². The number of hydrogen-bond donors (Lipinski definition) is 0. The number of hydrogen-bond acceptors (Lipinski definition) is 5. The van der Waals surface area contributed by atoms with Crippen LogP contribution in [0.2, 0.25) is 0 Å². The fourth-order valence-corrected chi connectivity index (χ4v) is 4.97. The Morgan fingerprint density at radius 3 is 2.66 bits per heavy atom. The minimum atomic E-state index is -3.69. The van der Waals surface area contributed by atoms with Crippen molar-refractivity contribution < 1.29 is 17.9 Å². The number of rotatable bonds is 5. The molecule has 1 aliphatic heterocycles. The van der Waals surface area contributed by atoms with E-state index in [4.69, 9.17) is 10.00 Å². The lowest BCUT2D eigenvalue weighted by molar-refractivity contribution is 0.0138. The van der Waals surface area contributed by atoms with Gasteiger partial charge in [-0.2, -0.15) is 9.57 Å². The fourth-order valence-electron chi connectivity index (χ4n) is 3.36. The van der Waals surface area contributed by atoms with Crippen LogP contribution in [0.25, 0.3) is 0 Å². The summed E-state index contributed by atoms with van der Waals surface area (Å²) < 4.78 is 33.1. The normalized spacial score (nSPS) is 18.3. The molecule has 0 N–H and O–H groups in total. The summed E-state index contributed by atoms with van der Waals surface area (Å²) in [5.74, 6) is 0.0209. The maximum Gasteiger partial charge on any atom is 0.410 e. The van der Waals surface area contributed by atoms with E-state index in [1.54, 1.807) is 17.0 Å². The number of ether oxygens (including phenoxy) is 1. The average Bonchev–Trinajstić information content (AvgIpc) is 2.64. The first-order chi connectivity index (χ1) is 13.4. The Labute approximate surface area is 174 Å². The minimum Gasteiger partial charge on any atom is -0.444 e. The Morgan fingerprint density at radius 1 is 1.38 bits per heavy atom. The molecule has 8 heteroatoms. The standard InChI is InChI=1S/C21H31N3O4S/c1-16(2)24(20(25)28-21(3,4)5)15-18-9-7-11-23(14-18)29(26,27)19-10-6-8-17(12-19)13-22/h6,8,10,12,16,18H,7,9,11,14-15H2,1-5H3. The third kappa shape index (κ3) is 6.18. The number of piperidine rings is 1. The Balaban J connectivity index is 2.14. The molecule has 0 bridgehead atoms. The van der Waals surface area contributed by atoms with Gasteiger partial charge in [-0.3, -0.25) is 0 Å². The zero-order valence-corrected chi connectivity index (χ0v) is 18.7. The van der Waals surface area contributed by atoms with E-state index in [1.165, 1.54) is 16.4 Å². The second-order valence-corrected chi connectivity index (χ2v) is 10.7. The molecule has 1 heterocycles. The van der Waals surface area contributed by atoms with Gasteiger partial charge in [0.15, 0.2) is 0 Å². The molecule has 1 fully saturated rings. The molecule has 1 unspecified atom stereocenters. The van der Waals surface area contributed by atoms with Crippen LogP contribution in [0.1, 0.15) is 53.0 Å². The molecule has 1 aliphatic rings. The maximum atomic E-state index is 13.1. The lowest BCUT2D eigenvalue weighted by atomic mass is 9.98. The van der Waals surface area contributed by atoms with E-state index in [2.05, 4.69) is 0 Å². The molecule has 2 rings (SSSR count). The Hall–Kier alpha value is -2.11. The molecule has 0 radical (unpaired) electrons. The van der Waals surface area contributed by atoms with Gasteiger partial charge in [-0.1, -0.05) is 6.07 Å². The minimum absolute atomic E-state index is 0.0209. The Morgan fingerprint density at radius 2 is 2.07 bits per heavy atom. The van der Waals surface area contributed by atoms with Crippen LogP contribution in [0, 0.1) is 17.2 Å². The molecule has 0 spiro atoms. The van der Waals surface area contributed by atoms with Gasteiger partial charge in [0.1, 0.15) is 5.60 Å². The largest absolute Gasteiger partial charge is 0.444 e. The topological polar surface area (TPSA) is 90.7 Å². The Kier molecular flexibility index (Phi) is 7.30. The molecule has 160 valence electrons. The molecule has 0 aromatic heterocycles. The van der Waals surface area contributed by atoms with Gasteiger partial charge < -0.3 is 9.64 Å². The third-order valence-electron chi connectivity index (χ3n) is 4.79. The first-order valence-electron chi connectivity index (χ1n) is 9.94. The van der Waals surface area contributed by atoms with Crippen molar-refractivity contribution in [2.75, 3.05) is 19.6 Å². The van der Waals surface area contributed by atoms with Crippen molar-refractivity contribution in [3.63, 3.8) is 0 Å². The summed E-state index contributed by atoms with van der Waals surface area (Å²) in [4.78, 5) is 14.4. The smallest absolute Gasteiger partial charge is 0.410 e. The van der Waals surface area contributed by atoms with Gasteiger partial charge in [-0.05, 0) is 71.6 Å². The van der Waals surface area contributed by atoms with Gasteiger partial charge in [0.2, 0.25) is 10.0 Å². The van der Waals surface area contributed by atoms with Crippen molar-refractivity contribution >= 4 is 16.1 Å². The molecule has 0 saturated carbocycles. The van der Waals surface area contributed by atoms with Crippen LogP contribution in [0.4, 0.5) is 4.79 Å². The first-order valence-corrected chi connectivity index (χ1v) is 11.4. The molecule has 1 saturated heterocycles. The summed E-state index contributed by atoms with van der Waals surface area (Å²) in [5.41, 5.74) is -0.270. The quantitative estimate of drug-likeness (QED) is 0.724. The van der Waals surface area contributed by atoms with Crippen molar-refractivity contribution in [3.05, 3.63) is 29.8 Å². The molecule has 7 nitrogen and oxygen atoms in total. The molecule has 29 heavy (non-hydrogen) atoms. The van der Waals surface area contributed by atoms with Gasteiger partial charge in [0.05, 0.1) is 16.5 Å². The van der Waals surface area contributed by atoms with E-state index in [9.17, 15) is 13.2 Å². The predicted molar refractivity (Wildman–Crippen MR) is 111 cm³/mol. The highest BCUT2D eigenvalue weighted by Crippen LogP contribution is 2.26. The predicted octanol–water partition coefficient (Wildman–Crippen LogP) is 3.60. The summed E-state index contributed by atoms with van der Waals surface area (Å²) in [6.07, 6.45) is 1.19. The van der Waals surface area contributed by atoms with Gasteiger partial charge in [0, 0.05) is 25.7 Å². The number of benzene rings is 1. The third-order valence-corrected chi connectivity index (χ3v) is 6.65. The molecule has 0 aliphatic carbocycles. The Bertz CT molecular complexity index is 869. The number of carbonyl (C=O) groups is 1. The number of amides is 1. The zero-order valence-electron chi connectivity index (χ0n) is 17.9. The average molecular weight is 422 g/mol. The van der Waals surface area contributed by atoms with Gasteiger partial charge >= 0.3 is 6.09 Å². The van der Waals surface area contributed by atoms with E-state index in [0.29, 0.717) is 25.2 Å². The maximum absolute atomic E-state index is 13.1. The number of nitriles is 1. The van der Waals surface area contributed by atoms with E-state index >= 15 is 0 Å². The SMILES string of the molecule is CC(C)N(CC1CCCN(S(=O)(=O)c2cccc(C#N)c2)C1)C(=O)OC(C)(C)C. The lowest BCUT2D eigenvalue weighted by Gasteiger charge is -2.37. The molecule has 1 atom stereocenters. The van der Waals surface area contributed by atoms with Crippen molar-refractivity contribution in [1.29, 1.82) is 5.26 Å². The van der Waals surface area contributed by atoms with Crippen LogP contribution >= 0.6 is 0 Å². The summed E-state index contributed by atoms with van der Waals surface area (Å²) in [6.45, 7) is 10.5. The van der Waals surface area contributed by atoms with E-state index in [1.807, 2.05) is 40.7 Å². The monoisotopic (exact) mass is 421 g/mol. The van der Waals surface area contributed by atoms with Crippen molar-refractivity contribution in [3.8, 4) is 6.07 Å². The van der Waals surface area contributed by atoms with E-state index < -0.39 is 15.6 Å². The van der Waals surface area contributed by atoms with E-state index in [0.717, 1.165) is 12.8 Å². The number of carbonyl (C=O) groups excluding carboxylic acids is 1. The molecule has 1 aromatic rings. The fraction of sp³-hybridized carbons (Fsp3) is 0.619. The summed E-state index contributed by atoms with van der Waals surface area (Å²) in [5, 5.41) is 9.06. The second-order valence-electron chi connectivity index (χ2n) is 8.74. The van der Waals surface area contributed by atoms with Crippen LogP contribution in [0.5, 0.6) is 0 Å². The van der Waals surface area contributed by atoms with Crippen molar-refractivity contribution in [2.45, 2.75) is 64.0 Å². The first kappa shape index (κ1) is 23.2. The summed E-state index contributed by atoms with van der Waals surface area (Å²) in [6, 6.07) is 8.01. The number of nitrogens with zero attached hydrogens (tertiary/aromatic N) is 3. The number of sulfonamides is 1. The lowest BCUT2D eigenvalue weighted by Crippen LogP contribution is -2.48. The van der Waals surface area contributed by atoms with Crippen molar-refractivity contribution in [1.82, 2.24) is 9.21 Å². The van der Waals surface area contributed by atoms with Crippen LogP contribution < -0.4 is 0 Å². The van der Waals surface area contributed by atoms with E-state index in [-0.39, 0.29) is 22.9 Å². The van der Waals surface area contributed by atoms with Crippen LogP contribution in [0.3, 0.4) is 0 Å². The highest BCUT2D eigenvalue weighted by molar-refractivity contribution is 7.89. The molecular weight excluding hydrogens is 390 g/mol.